The van der Waals surface area contributed by atoms with Crippen molar-refractivity contribution in [2.75, 3.05) is 5.43 Å². The zero-order chi connectivity index (χ0) is 14.9. The van der Waals surface area contributed by atoms with Gasteiger partial charge in [-0.15, -0.1) is 0 Å². The number of amides is 1. The number of alkyl halides is 7. The van der Waals surface area contributed by atoms with Gasteiger partial charge in [0.25, 0.3) is 0 Å². The fourth-order valence-corrected chi connectivity index (χ4v) is 0.891. The molecule has 106 valence electrons. The standard InChI is InChI=1S/C8H4F7N3O/c9-6(10,7(11,12)8(13,14)15)5(19)17-18-4-2-1-3-16-18/h1-4H/p+1. The van der Waals surface area contributed by atoms with Crippen molar-refractivity contribution in [1.29, 1.82) is 0 Å². The van der Waals surface area contributed by atoms with Crippen LogP contribution in [0.15, 0.2) is 24.5 Å². The van der Waals surface area contributed by atoms with Gasteiger partial charge in [-0.1, -0.05) is 5.43 Å². The molecule has 0 bridgehead atoms. The van der Waals surface area contributed by atoms with Crippen LogP contribution in [0, 0.1) is 0 Å². The van der Waals surface area contributed by atoms with Crippen molar-refractivity contribution in [3.05, 3.63) is 24.5 Å². The first-order valence-corrected chi connectivity index (χ1v) is 4.47. The summed E-state index contributed by atoms with van der Waals surface area (Å²) in [4.78, 5) is 11.1. The molecule has 1 rings (SSSR count). The summed E-state index contributed by atoms with van der Waals surface area (Å²) >= 11 is 0. The van der Waals surface area contributed by atoms with Crippen LogP contribution in [0.5, 0.6) is 0 Å². The van der Waals surface area contributed by atoms with E-state index in [-0.39, 0.29) is 4.79 Å². The van der Waals surface area contributed by atoms with Crippen molar-refractivity contribution >= 4 is 5.91 Å². The SMILES string of the molecule is O=C(N[n+]1ccccn1)C(F)(F)C(F)(F)C(F)(F)F. The highest BCUT2D eigenvalue weighted by Gasteiger charge is 2.77. The van der Waals surface area contributed by atoms with Gasteiger partial charge in [0, 0.05) is 16.0 Å². The molecule has 11 heteroatoms. The minimum Gasteiger partial charge on any atom is -0.262 e. The van der Waals surface area contributed by atoms with Crippen molar-refractivity contribution in [1.82, 2.24) is 5.10 Å². The second-order valence-corrected chi connectivity index (χ2v) is 3.23. The van der Waals surface area contributed by atoms with Crippen molar-refractivity contribution < 1.29 is 40.3 Å². The maximum atomic E-state index is 12.9. The molecule has 0 unspecified atom stereocenters. The summed E-state index contributed by atoms with van der Waals surface area (Å²) in [6.45, 7) is 0. The lowest BCUT2D eigenvalue weighted by molar-refractivity contribution is -0.703. The van der Waals surface area contributed by atoms with Gasteiger partial charge in [0.2, 0.25) is 6.20 Å². The number of halogens is 7. The first-order chi connectivity index (χ1) is 8.50. The Hall–Kier alpha value is -1.94. The van der Waals surface area contributed by atoms with E-state index in [0.29, 0.717) is 0 Å². The molecule has 0 spiro atoms. The van der Waals surface area contributed by atoms with Crippen LogP contribution in [0.3, 0.4) is 0 Å². The summed E-state index contributed by atoms with van der Waals surface area (Å²) in [6, 6.07) is 2.47. The van der Waals surface area contributed by atoms with Crippen molar-refractivity contribution in [2.24, 2.45) is 0 Å². The first kappa shape index (κ1) is 15.1. The van der Waals surface area contributed by atoms with Gasteiger partial charge in [0.1, 0.15) is 0 Å². The third-order valence-electron chi connectivity index (χ3n) is 1.87. The zero-order valence-electron chi connectivity index (χ0n) is 8.76. The molecule has 0 aliphatic rings. The highest BCUT2D eigenvalue weighted by atomic mass is 19.4. The zero-order valence-corrected chi connectivity index (χ0v) is 8.76. The summed E-state index contributed by atoms with van der Waals surface area (Å²) in [5.41, 5.74) is 1.10. The van der Waals surface area contributed by atoms with Gasteiger partial charge >= 0.3 is 23.9 Å². The Kier molecular flexibility index (Phi) is 3.68. The number of nitrogens with one attached hydrogen (secondary N) is 1. The number of nitrogens with zero attached hydrogens (tertiary/aromatic N) is 2. The van der Waals surface area contributed by atoms with E-state index in [1.807, 2.05) is 0 Å². The van der Waals surface area contributed by atoms with E-state index in [4.69, 9.17) is 0 Å². The van der Waals surface area contributed by atoms with Crippen LogP contribution in [-0.2, 0) is 4.79 Å². The van der Waals surface area contributed by atoms with Crippen molar-refractivity contribution in [3.63, 3.8) is 0 Å². The van der Waals surface area contributed by atoms with Gasteiger partial charge in [-0.2, -0.15) is 30.7 Å². The van der Waals surface area contributed by atoms with Crippen LogP contribution in [-0.4, -0.2) is 29.0 Å². The van der Waals surface area contributed by atoms with Crippen LogP contribution >= 0.6 is 0 Å². The van der Waals surface area contributed by atoms with E-state index in [1.165, 1.54) is 12.1 Å². The Bertz CT molecular complexity index is 459. The van der Waals surface area contributed by atoms with Crippen molar-refractivity contribution in [3.8, 4) is 0 Å². The molecular weight excluding hydrogens is 287 g/mol. The van der Waals surface area contributed by atoms with E-state index >= 15 is 0 Å². The summed E-state index contributed by atoms with van der Waals surface area (Å²) in [5, 5.41) is 3.20. The lowest BCUT2D eigenvalue weighted by atomic mass is 10.1. The van der Waals surface area contributed by atoms with Crippen LogP contribution in [0.4, 0.5) is 30.7 Å². The third-order valence-corrected chi connectivity index (χ3v) is 1.87. The van der Waals surface area contributed by atoms with E-state index in [1.54, 1.807) is 0 Å². The van der Waals surface area contributed by atoms with E-state index in [2.05, 4.69) is 5.10 Å². The normalized spacial score (nSPS) is 13.2. The van der Waals surface area contributed by atoms with E-state index in [0.717, 1.165) is 17.8 Å². The number of aromatic nitrogens is 2. The highest BCUT2D eigenvalue weighted by Crippen LogP contribution is 2.46. The smallest absolute Gasteiger partial charge is 0.262 e. The Morgan fingerprint density at radius 1 is 1.05 bits per heavy atom. The maximum Gasteiger partial charge on any atom is 0.460 e. The average molecular weight is 292 g/mol. The predicted molar refractivity (Wildman–Crippen MR) is 44.7 cm³/mol. The molecule has 0 aliphatic carbocycles. The van der Waals surface area contributed by atoms with Gasteiger partial charge in [0.15, 0.2) is 0 Å². The summed E-state index contributed by atoms with van der Waals surface area (Å²) in [5.74, 6) is -15.3. The van der Waals surface area contributed by atoms with Crippen LogP contribution in [0.2, 0.25) is 0 Å². The molecule has 0 fully saturated rings. The second-order valence-electron chi connectivity index (χ2n) is 3.23. The Balaban J connectivity index is 2.98. The molecule has 1 heterocycles. The van der Waals surface area contributed by atoms with Gasteiger partial charge in [-0.3, -0.25) is 4.79 Å². The predicted octanol–water partition coefficient (Wildman–Crippen LogP) is 1.27. The molecule has 19 heavy (non-hydrogen) atoms. The largest absolute Gasteiger partial charge is 0.460 e. The first-order valence-electron chi connectivity index (χ1n) is 4.47. The maximum absolute atomic E-state index is 12.9. The topological polar surface area (TPSA) is 45.9 Å². The molecule has 0 aliphatic heterocycles. The molecule has 0 aromatic carbocycles. The molecule has 4 nitrogen and oxygen atoms in total. The van der Waals surface area contributed by atoms with Gasteiger partial charge in [0.05, 0.1) is 6.20 Å². The minimum atomic E-state index is -6.57. The lowest BCUT2D eigenvalue weighted by Gasteiger charge is -2.25. The van der Waals surface area contributed by atoms with Crippen LogP contribution in [0.1, 0.15) is 0 Å². The molecule has 1 aromatic rings. The number of hydrogen-bond acceptors (Lipinski definition) is 2. The Morgan fingerprint density at radius 2 is 1.63 bits per heavy atom. The number of carbonyl (C=O) groups is 1. The van der Waals surface area contributed by atoms with E-state index < -0.39 is 23.9 Å². The molecule has 0 radical (unpaired) electrons. The van der Waals surface area contributed by atoms with E-state index in [9.17, 15) is 35.5 Å². The van der Waals surface area contributed by atoms with Crippen molar-refractivity contribution in [2.45, 2.75) is 18.0 Å². The van der Waals surface area contributed by atoms with Gasteiger partial charge in [-0.05, 0) is 6.07 Å². The highest BCUT2D eigenvalue weighted by molar-refractivity contribution is 5.89. The molecule has 1 amide bonds. The molecular formula is C8H5F7N3O+. The molecule has 1 N–H and O–H groups in total. The lowest BCUT2D eigenvalue weighted by Crippen LogP contribution is -2.63. The molecule has 1 aromatic heterocycles. The fourth-order valence-electron chi connectivity index (χ4n) is 0.891. The second kappa shape index (κ2) is 4.63. The number of rotatable bonds is 3. The summed E-state index contributed by atoms with van der Waals surface area (Å²) < 4.78 is 86.1. The summed E-state index contributed by atoms with van der Waals surface area (Å²) in [6.07, 6.45) is -4.72. The third kappa shape index (κ3) is 2.74. The monoisotopic (exact) mass is 292 g/mol. The average Bonchev–Trinajstić information content (AvgIpc) is 2.28. The number of hydrogen-bond donors (Lipinski definition) is 1. The molecule has 0 saturated heterocycles. The van der Waals surface area contributed by atoms with Gasteiger partial charge in [-0.25, -0.2) is 0 Å². The quantitative estimate of drug-likeness (QED) is 0.673. The van der Waals surface area contributed by atoms with Gasteiger partial charge < -0.3 is 0 Å². The molecule has 0 saturated carbocycles. The Labute approximate surface area is 100 Å². The minimum absolute atomic E-state index is 0.267. The Morgan fingerprint density at radius 3 is 2.05 bits per heavy atom. The van der Waals surface area contributed by atoms with Crippen LogP contribution < -0.4 is 10.2 Å². The fraction of sp³-hybridized carbons (Fsp3) is 0.375. The summed E-state index contributed by atoms with van der Waals surface area (Å²) in [7, 11) is 0. The molecule has 0 atom stereocenters. The number of carbonyl (C=O) groups excluding carboxylic acids is 1. The van der Waals surface area contributed by atoms with Crippen LogP contribution in [0.25, 0.3) is 0 Å².